The van der Waals surface area contributed by atoms with E-state index < -0.39 is 4.92 Å². The van der Waals surface area contributed by atoms with Crippen LogP contribution in [0.4, 0.5) is 15.8 Å². The minimum atomic E-state index is -0.536. The van der Waals surface area contributed by atoms with Crippen molar-refractivity contribution in [2.45, 2.75) is 19.8 Å². The number of amides is 1. The Morgan fingerprint density at radius 1 is 1.33 bits per heavy atom. The molecule has 0 radical (unpaired) electrons. The minimum absolute atomic E-state index is 0.158. The zero-order chi connectivity index (χ0) is 17.4. The van der Waals surface area contributed by atoms with Crippen LogP contribution < -0.4 is 4.90 Å². The van der Waals surface area contributed by atoms with E-state index in [9.17, 15) is 19.3 Å². The minimum Gasteiger partial charge on any atom is -0.308 e. The maximum Gasteiger partial charge on any atom is 0.284 e. The van der Waals surface area contributed by atoms with Gasteiger partial charge in [-0.1, -0.05) is 0 Å². The number of hydrogen-bond donors (Lipinski definition) is 0. The van der Waals surface area contributed by atoms with Crippen LogP contribution in [0, 0.1) is 22.9 Å². The molecule has 1 amide bonds. The van der Waals surface area contributed by atoms with Crippen molar-refractivity contribution in [3.05, 3.63) is 67.4 Å². The summed E-state index contributed by atoms with van der Waals surface area (Å²) in [5, 5.41) is 11.1. The van der Waals surface area contributed by atoms with Gasteiger partial charge in [0.15, 0.2) is 0 Å². The van der Waals surface area contributed by atoms with E-state index in [1.165, 1.54) is 24.3 Å². The Kier molecular flexibility index (Phi) is 4.36. The molecule has 0 saturated heterocycles. The highest BCUT2D eigenvalue weighted by molar-refractivity contribution is 9.10. The van der Waals surface area contributed by atoms with Gasteiger partial charge in [0.2, 0.25) is 0 Å². The molecule has 0 spiro atoms. The summed E-state index contributed by atoms with van der Waals surface area (Å²) in [5.74, 6) is -0.638. The summed E-state index contributed by atoms with van der Waals surface area (Å²) in [6.45, 7) is 2.26. The summed E-state index contributed by atoms with van der Waals surface area (Å²) >= 11 is 3.11. The molecular formula is C17H14BrFN2O3. The third-order valence-electron chi connectivity index (χ3n) is 4.08. The number of nitro benzene ring substituents is 1. The molecule has 0 saturated carbocycles. The number of rotatable bonds is 2. The molecule has 1 heterocycles. The smallest absolute Gasteiger partial charge is 0.284 e. The molecule has 5 nitrogen and oxygen atoms in total. The van der Waals surface area contributed by atoms with Gasteiger partial charge in [0.1, 0.15) is 5.82 Å². The summed E-state index contributed by atoms with van der Waals surface area (Å²) in [6.07, 6.45) is 1.43. The normalized spacial score (nSPS) is 13.5. The summed E-state index contributed by atoms with van der Waals surface area (Å²) in [5.41, 5.74) is 2.26. The van der Waals surface area contributed by atoms with Crippen LogP contribution in [0.15, 0.2) is 34.8 Å². The van der Waals surface area contributed by atoms with E-state index in [1.54, 1.807) is 17.9 Å². The molecule has 7 heteroatoms. The molecule has 0 N–H and O–H groups in total. The Hall–Kier alpha value is -2.28. The highest BCUT2D eigenvalue weighted by atomic mass is 79.9. The largest absolute Gasteiger partial charge is 0.308 e. The first-order chi connectivity index (χ1) is 11.4. The van der Waals surface area contributed by atoms with Gasteiger partial charge >= 0.3 is 0 Å². The van der Waals surface area contributed by atoms with Crippen LogP contribution in [-0.4, -0.2) is 17.4 Å². The number of hydrogen-bond acceptors (Lipinski definition) is 3. The van der Waals surface area contributed by atoms with Crippen LogP contribution in [0.5, 0.6) is 0 Å². The molecular weight excluding hydrogens is 379 g/mol. The lowest BCUT2D eigenvalue weighted by atomic mass is 9.97. The number of fused-ring (bicyclic) bond motifs is 1. The molecule has 0 aliphatic carbocycles. The van der Waals surface area contributed by atoms with Gasteiger partial charge in [0.05, 0.1) is 15.1 Å². The van der Waals surface area contributed by atoms with Crippen LogP contribution in [0.25, 0.3) is 0 Å². The van der Waals surface area contributed by atoms with Crippen molar-refractivity contribution in [3.63, 3.8) is 0 Å². The van der Waals surface area contributed by atoms with Gasteiger partial charge in [0.25, 0.3) is 11.6 Å². The Bertz CT molecular complexity index is 854. The maximum absolute atomic E-state index is 13.6. The average Bonchev–Trinajstić information content (AvgIpc) is 2.53. The molecule has 24 heavy (non-hydrogen) atoms. The van der Waals surface area contributed by atoms with Gasteiger partial charge in [-0.2, -0.15) is 0 Å². The van der Waals surface area contributed by atoms with Crippen molar-refractivity contribution in [1.29, 1.82) is 0 Å². The van der Waals surface area contributed by atoms with E-state index in [1.807, 2.05) is 0 Å². The van der Waals surface area contributed by atoms with Crippen molar-refractivity contribution in [3.8, 4) is 0 Å². The lowest BCUT2D eigenvalue weighted by Crippen LogP contribution is -2.36. The Morgan fingerprint density at radius 2 is 2.08 bits per heavy atom. The summed E-state index contributed by atoms with van der Waals surface area (Å²) < 4.78 is 13.9. The van der Waals surface area contributed by atoms with Gasteiger partial charge in [-0.25, -0.2) is 4.39 Å². The quantitative estimate of drug-likeness (QED) is 0.561. The molecule has 124 valence electrons. The topological polar surface area (TPSA) is 63.5 Å². The number of halogens is 2. The Morgan fingerprint density at radius 3 is 2.79 bits per heavy atom. The van der Waals surface area contributed by atoms with Gasteiger partial charge in [-0.05, 0) is 71.1 Å². The van der Waals surface area contributed by atoms with Gasteiger partial charge < -0.3 is 4.90 Å². The first-order valence-corrected chi connectivity index (χ1v) is 8.22. The second kappa shape index (κ2) is 6.32. The number of carbonyl (C=O) groups excluding carboxylic acids is 1. The van der Waals surface area contributed by atoms with E-state index in [-0.39, 0.29) is 23.0 Å². The number of benzene rings is 2. The fourth-order valence-electron chi connectivity index (χ4n) is 3.07. The van der Waals surface area contributed by atoms with Gasteiger partial charge in [-0.15, -0.1) is 0 Å². The lowest BCUT2D eigenvalue weighted by molar-refractivity contribution is -0.385. The molecule has 0 bridgehead atoms. The predicted molar refractivity (Wildman–Crippen MR) is 91.9 cm³/mol. The number of aryl methyl sites for hydroxylation is 2. The van der Waals surface area contributed by atoms with Crippen LogP contribution in [0.2, 0.25) is 0 Å². The molecule has 1 aliphatic rings. The predicted octanol–water partition coefficient (Wildman–Crippen LogP) is 4.40. The Balaban J connectivity index is 2.04. The molecule has 2 aromatic rings. The lowest BCUT2D eigenvalue weighted by Gasteiger charge is -2.31. The van der Waals surface area contributed by atoms with Crippen molar-refractivity contribution >= 4 is 33.2 Å². The number of carbonyl (C=O) groups is 1. The zero-order valence-electron chi connectivity index (χ0n) is 12.9. The van der Waals surface area contributed by atoms with Crippen LogP contribution in [0.1, 0.15) is 27.9 Å². The van der Waals surface area contributed by atoms with E-state index in [0.717, 1.165) is 12.0 Å². The molecule has 0 aromatic heterocycles. The molecule has 2 aromatic carbocycles. The number of nitrogens with zero attached hydrogens (tertiary/aromatic N) is 2. The van der Waals surface area contributed by atoms with Crippen molar-refractivity contribution in [2.75, 3.05) is 11.4 Å². The first-order valence-electron chi connectivity index (χ1n) is 7.43. The van der Waals surface area contributed by atoms with Crippen LogP contribution >= 0.6 is 15.9 Å². The number of anilines is 1. The fraction of sp³-hybridized carbons (Fsp3) is 0.235. The van der Waals surface area contributed by atoms with Gasteiger partial charge in [-0.3, -0.25) is 14.9 Å². The molecule has 3 rings (SSSR count). The standard InChI is InChI=1S/C17H14BrFN2O3/c1-10-7-13(19)8-11-3-2-6-20(16(10)11)17(22)12-4-5-14(18)15(9-12)21(23)24/h4-5,7-9H,2-3,6H2,1H3. The highest BCUT2D eigenvalue weighted by Gasteiger charge is 2.27. The third-order valence-corrected chi connectivity index (χ3v) is 4.75. The Labute approximate surface area is 146 Å². The maximum atomic E-state index is 13.6. The van der Waals surface area contributed by atoms with Gasteiger partial charge in [0, 0.05) is 18.2 Å². The zero-order valence-corrected chi connectivity index (χ0v) is 14.5. The SMILES string of the molecule is Cc1cc(F)cc2c1N(C(=O)c1ccc(Br)c([N+](=O)[O-])c1)CCC2. The van der Waals surface area contributed by atoms with Crippen LogP contribution in [0.3, 0.4) is 0 Å². The summed E-state index contributed by atoms with van der Waals surface area (Å²) in [7, 11) is 0. The molecule has 0 unspecified atom stereocenters. The summed E-state index contributed by atoms with van der Waals surface area (Å²) in [6, 6.07) is 7.15. The van der Waals surface area contributed by atoms with E-state index >= 15 is 0 Å². The molecule has 0 fully saturated rings. The average molecular weight is 393 g/mol. The van der Waals surface area contributed by atoms with Crippen molar-refractivity contribution in [1.82, 2.24) is 0 Å². The second-order valence-corrected chi connectivity index (χ2v) is 6.57. The molecule has 1 aliphatic heterocycles. The van der Waals surface area contributed by atoms with E-state index in [0.29, 0.717) is 28.7 Å². The third kappa shape index (κ3) is 2.91. The number of nitro groups is 1. The monoisotopic (exact) mass is 392 g/mol. The van der Waals surface area contributed by atoms with Crippen molar-refractivity contribution in [2.24, 2.45) is 0 Å². The molecule has 0 atom stereocenters. The highest BCUT2D eigenvalue weighted by Crippen LogP contribution is 2.33. The fourth-order valence-corrected chi connectivity index (χ4v) is 3.46. The van der Waals surface area contributed by atoms with E-state index in [4.69, 9.17) is 0 Å². The van der Waals surface area contributed by atoms with Crippen LogP contribution in [-0.2, 0) is 6.42 Å². The second-order valence-electron chi connectivity index (χ2n) is 5.71. The van der Waals surface area contributed by atoms with Crippen molar-refractivity contribution < 1.29 is 14.1 Å². The van der Waals surface area contributed by atoms with E-state index in [2.05, 4.69) is 15.9 Å². The summed E-state index contributed by atoms with van der Waals surface area (Å²) in [4.78, 5) is 25.0. The first kappa shape index (κ1) is 16.6.